The summed E-state index contributed by atoms with van der Waals surface area (Å²) < 4.78 is 16.2. The summed E-state index contributed by atoms with van der Waals surface area (Å²) in [5, 5.41) is 3.89. The normalized spacial score (nSPS) is 13.6. The van der Waals surface area contributed by atoms with Crippen LogP contribution in [-0.4, -0.2) is 42.6 Å². The Kier molecular flexibility index (Phi) is 7.23. The highest BCUT2D eigenvalue weighted by Gasteiger charge is 2.29. The maximum Gasteiger partial charge on any atom is 0.343 e. The maximum atomic E-state index is 12.2. The molecule has 0 aliphatic carbocycles. The average Bonchev–Trinajstić information content (AvgIpc) is 2.17. The van der Waals surface area contributed by atoms with Gasteiger partial charge in [-0.15, -0.1) is 0 Å². The van der Waals surface area contributed by atoms with E-state index >= 15 is 0 Å². The van der Waals surface area contributed by atoms with Gasteiger partial charge in [-0.1, -0.05) is 5.16 Å². The van der Waals surface area contributed by atoms with Gasteiger partial charge in [0.2, 0.25) is 16.6 Å². The van der Waals surface area contributed by atoms with Gasteiger partial charge in [0.1, 0.15) is 0 Å². The van der Waals surface area contributed by atoms with Crippen LogP contribution in [0.2, 0.25) is 58.9 Å². The number of hydrogen-bond donors (Lipinski definition) is 0. The summed E-state index contributed by atoms with van der Waals surface area (Å²) in [7, 11) is -6.03. The van der Waals surface area contributed by atoms with Gasteiger partial charge in [0.05, 0.1) is 6.42 Å². The second kappa shape index (κ2) is 7.55. The van der Waals surface area contributed by atoms with E-state index in [4.69, 9.17) is 13.4 Å². The molecule has 0 atom stereocenters. The molecule has 9 heteroatoms. The van der Waals surface area contributed by atoms with E-state index in [9.17, 15) is 9.59 Å². The summed E-state index contributed by atoms with van der Waals surface area (Å²) >= 11 is 0. The van der Waals surface area contributed by atoms with Crippen molar-refractivity contribution in [2.24, 2.45) is 5.16 Å². The van der Waals surface area contributed by atoms with Gasteiger partial charge in [-0.3, -0.25) is 4.79 Å². The monoisotopic (exact) mass is 363 g/mol. The molecule has 0 aromatic heterocycles. The van der Waals surface area contributed by atoms with Crippen molar-refractivity contribution >= 4 is 42.6 Å². The minimum Gasteiger partial charge on any atom is -0.520 e. The van der Waals surface area contributed by atoms with Crippen LogP contribution in [-0.2, 0) is 23.0 Å². The summed E-state index contributed by atoms with van der Waals surface area (Å²) in [5.41, 5.74) is -0.0203. The Morgan fingerprint density at radius 3 is 1.59 bits per heavy atom. The van der Waals surface area contributed by atoms with Crippen LogP contribution < -0.4 is 0 Å². The van der Waals surface area contributed by atoms with Gasteiger partial charge >= 0.3 is 5.97 Å². The van der Waals surface area contributed by atoms with Crippen LogP contribution in [0.3, 0.4) is 0 Å². The molecule has 0 bridgehead atoms. The van der Waals surface area contributed by atoms with Crippen LogP contribution in [0.5, 0.6) is 0 Å². The van der Waals surface area contributed by atoms with Crippen LogP contribution in [0.25, 0.3) is 0 Å². The summed E-state index contributed by atoms with van der Waals surface area (Å²) in [6.45, 7) is 17.2. The Morgan fingerprint density at radius 1 is 0.773 bits per heavy atom. The average molecular weight is 364 g/mol. The molecule has 0 heterocycles. The Labute approximate surface area is 136 Å². The molecule has 0 aliphatic rings. The Hall–Kier alpha value is -0.939. The smallest absolute Gasteiger partial charge is 0.343 e. The Morgan fingerprint density at radius 2 is 1.23 bits per heavy atom. The van der Waals surface area contributed by atoms with Crippen molar-refractivity contribution in [1.29, 1.82) is 0 Å². The first-order chi connectivity index (χ1) is 9.59. The molecule has 0 spiro atoms. The fourth-order valence-corrected chi connectivity index (χ4v) is 3.00. The van der Waals surface area contributed by atoms with Gasteiger partial charge in [0, 0.05) is 0 Å². The molecule has 0 amide bonds. The zero-order valence-corrected chi connectivity index (χ0v) is 18.2. The van der Waals surface area contributed by atoms with E-state index in [1.165, 1.54) is 0 Å². The van der Waals surface area contributed by atoms with Gasteiger partial charge in [-0.05, 0) is 58.9 Å². The van der Waals surface area contributed by atoms with E-state index in [-0.39, 0.29) is 12.1 Å². The minimum atomic E-state index is -2.07. The fraction of sp³-hybridized carbons (Fsp3) is 0.769. The molecule has 0 fully saturated rings. The van der Waals surface area contributed by atoms with E-state index in [1.54, 1.807) is 0 Å². The first-order valence-electron chi connectivity index (χ1n) is 7.29. The zero-order valence-electron chi connectivity index (χ0n) is 15.2. The highest BCUT2D eigenvalue weighted by atomic mass is 28.4. The first-order valence-corrected chi connectivity index (χ1v) is 17.5. The number of nitrogens with zero attached hydrogens (tertiary/aromatic N) is 1. The first kappa shape index (κ1) is 21.1. The van der Waals surface area contributed by atoms with Crippen molar-refractivity contribution in [2.45, 2.75) is 65.3 Å². The van der Waals surface area contributed by atoms with Gasteiger partial charge < -0.3 is 13.4 Å². The highest BCUT2D eigenvalue weighted by Crippen LogP contribution is 2.10. The number of rotatable bonds is 7. The van der Waals surface area contributed by atoms with E-state index in [0.717, 1.165) is 0 Å². The third-order valence-electron chi connectivity index (χ3n) is 1.80. The van der Waals surface area contributed by atoms with Crippen molar-refractivity contribution < 1.29 is 23.0 Å². The summed E-state index contributed by atoms with van der Waals surface area (Å²) in [5.74, 6) is -1.06. The lowest BCUT2D eigenvalue weighted by molar-refractivity contribution is -0.135. The van der Waals surface area contributed by atoms with E-state index in [2.05, 4.69) is 5.16 Å². The number of hydrogen-bond acceptors (Lipinski definition) is 6. The quantitative estimate of drug-likeness (QED) is 0.394. The lowest BCUT2D eigenvalue weighted by Crippen LogP contribution is -2.36. The Bertz CT molecular complexity index is 444. The van der Waals surface area contributed by atoms with Gasteiger partial charge in [-0.25, -0.2) is 4.79 Å². The van der Waals surface area contributed by atoms with Crippen molar-refractivity contribution in [1.82, 2.24) is 0 Å². The van der Waals surface area contributed by atoms with Crippen molar-refractivity contribution in [3.8, 4) is 0 Å². The molecule has 0 unspecified atom stereocenters. The van der Waals surface area contributed by atoms with Gasteiger partial charge in [-0.2, -0.15) is 0 Å². The lowest BCUT2D eigenvalue weighted by atomic mass is 10.3. The topological polar surface area (TPSA) is 74.2 Å². The van der Waals surface area contributed by atoms with Crippen LogP contribution in [0.15, 0.2) is 5.16 Å². The molecule has 0 radical (unpaired) electrons. The molecule has 0 aliphatic heterocycles. The Balaban J connectivity index is 5.10. The van der Waals surface area contributed by atoms with Gasteiger partial charge in [0.25, 0.3) is 14.3 Å². The predicted molar refractivity (Wildman–Crippen MR) is 95.4 cm³/mol. The molecular weight excluding hydrogens is 334 g/mol. The second-order valence-electron chi connectivity index (χ2n) is 8.01. The molecule has 0 saturated carbocycles. The van der Waals surface area contributed by atoms with Crippen molar-refractivity contribution in [2.75, 3.05) is 0 Å². The number of carbonyl (C=O) groups excluding carboxylic acids is 2. The fourth-order valence-electron chi connectivity index (χ4n) is 1.19. The third kappa shape index (κ3) is 11.7. The lowest BCUT2D eigenvalue weighted by Gasteiger charge is -2.21. The van der Waals surface area contributed by atoms with Gasteiger partial charge in [0.15, 0.2) is 5.71 Å². The molecule has 128 valence electrons. The molecule has 22 heavy (non-hydrogen) atoms. The minimum absolute atomic E-state index is 0.0203. The van der Waals surface area contributed by atoms with Crippen LogP contribution in [0.1, 0.15) is 6.42 Å². The molecule has 0 rings (SSSR count). The van der Waals surface area contributed by atoms with Crippen LogP contribution in [0.4, 0.5) is 0 Å². The van der Waals surface area contributed by atoms with E-state index in [1.807, 2.05) is 58.9 Å². The molecule has 0 N–H and O–H groups in total. The third-order valence-corrected chi connectivity index (χ3v) is 4.07. The van der Waals surface area contributed by atoms with Crippen molar-refractivity contribution in [3.63, 3.8) is 0 Å². The second-order valence-corrected chi connectivity index (χ2v) is 21.3. The van der Waals surface area contributed by atoms with Crippen LogP contribution >= 0.6 is 0 Å². The predicted octanol–water partition coefficient (Wildman–Crippen LogP) is 3.34. The SMILES string of the molecule is C[Si](C)(C)O/N=C(/CC(=O)O[Si](C)(C)C)C(=O)O[Si](C)(C)C. The molecule has 0 aromatic carbocycles. The van der Waals surface area contributed by atoms with Crippen LogP contribution in [0, 0.1) is 0 Å². The maximum absolute atomic E-state index is 12.2. The standard InChI is InChI=1S/C13H29NO5Si3/c1-20(2,3)17-12(15)10-11(14-19-22(7,8)9)13(16)18-21(4,5)6/h10H2,1-9H3/b14-11-. The molecule has 0 saturated heterocycles. The zero-order chi connectivity index (χ0) is 17.8. The number of carbonyl (C=O) groups is 2. The van der Waals surface area contributed by atoms with Crippen molar-refractivity contribution in [3.05, 3.63) is 0 Å². The summed E-state index contributed by atoms with van der Waals surface area (Å²) in [6.07, 6.45) is -0.224. The molecule has 0 aromatic rings. The molecular formula is C13H29NO5Si3. The summed E-state index contributed by atoms with van der Waals surface area (Å²) in [6, 6.07) is 0. The molecule has 6 nitrogen and oxygen atoms in total. The number of oxime groups is 1. The van der Waals surface area contributed by atoms with E-state index in [0.29, 0.717) is 0 Å². The highest BCUT2D eigenvalue weighted by molar-refractivity contribution is 6.73. The van der Waals surface area contributed by atoms with E-state index < -0.39 is 36.9 Å². The largest absolute Gasteiger partial charge is 0.520 e. The summed E-state index contributed by atoms with van der Waals surface area (Å²) in [4.78, 5) is 24.2.